The van der Waals surface area contributed by atoms with Crippen molar-refractivity contribution in [3.05, 3.63) is 65.4 Å². The number of carbonyl (C=O) groups is 2. The molecular weight excluding hydrogens is 408 g/mol. The lowest BCUT2D eigenvalue weighted by atomic mass is 10.1. The van der Waals surface area contributed by atoms with Gasteiger partial charge in [-0.15, -0.1) is 10.2 Å². The number of nitrogens with zero attached hydrogens (tertiary/aromatic N) is 3. The molecule has 1 atom stereocenters. The van der Waals surface area contributed by atoms with E-state index >= 15 is 0 Å². The van der Waals surface area contributed by atoms with Crippen molar-refractivity contribution >= 4 is 40.7 Å². The predicted octanol–water partition coefficient (Wildman–Crippen LogP) is 4.88. The summed E-state index contributed by atoms with van der Waals surface area (Å²) in [6.07, 6.45) is 1.59. The molecule has 1 aromatic heterocycles. The minimum atomic E-state index is -0.367. The summed E-state index contributed by atoms with van der Waals surface area (Å²) >= 11 is 7.40. The molecule has 0 aliphatic rings. The zero-order valence-electron chi connectivity index (χ0n) is 16.3. The van der Waals surface area contributed by atoms with E-state index in [0.717, 1.165) is 5.69 Å². The standard InChI is InChI=1S/C21H21ClN4O2S/c1-13(2)20(28)24-17-9-7-15(8-10-17)19(27)14(3)29-21-25-23-12-26(21)18-6-4-5-16(22)11-18/h4-14H,1-3H3,(H,24,28). The van der Waals surface area contributed by atoms with Gasteiger partial charge < -0.3 is 5.32 Å². The first-order chi connectivity index (χ1) is 13.8. The van der Waals surface area contributed by atoms with E-state index in [4.69, 9.17) is 11.6 Å². The van der Waals surface area contributed by atoms with Crippen molar-refractivity contribution in [2.75, 3.05) is 5.32 Å². The molecular formula is C21H21ClN4O2S. The van der Waals surface area contributed by atoms with Crippen LogP contribution in [0.25, 0.3) is 5.69 Å². The van der Waals surface area contributed by atoms with Crippen molar-refractivity contribution in [2.45, 2.75) is 31.2 Å². The Morgan fingerprint density at radius 2 is 1.83 bits per heavy atom. The first kappa shape index (κ1) is 21.1. The summed E-state index contributed by atoms with van der Waals surface area (Å²) in [5.41, 5.74) is 2.07. The maximum absolute atomic E-state index is 12.8. The van der Waals surface area contributed by atoms with Crippen LogP contribution in [-0.4, -0.2) is 31.7 Å². The number of carbonyl (C=O) groups excluding carboxylic acids is 2. The van der Waals surface area contributed by atoms with Gasteiger partial charge in [-0.3, -0.25) is 14.2 Å². The lowest BCUT2D eigenvalue weighted by Crippen LogP contribution is -2.18. The van der Waals surface area contributed by atoms with Gasteiger partial charge in [-0.25, -0.2) is 0 Å². The Bertz CT molecular complexity index is 1020. The number of amides is 1. The second-order valence-electron chi connectivity index (χ2n) is 6.81. The molecule has 0 fully saturated rings. The molecule has 3 aromatic rings. The number of anilines is 1. The van der Waals surface area contributed by atoms with E-state index in [1.165, 1.54) is 11.8 Å². The van der Waals surface area contributed by atoms with E-state index in [1.807, 2.05) is 39.0 Å². The molecule has 2 aromatic carbocycles. The van der Waals surface area contributed by atoms with E-state index in [9.17, 15) is 9.59 Å². The van der Waals surface area contributed by atoms with Crippen LogP contribution in [0.3, 0.4) is 0 Å². The molecule has 0 spiro atoms. The molecule has 0 aliphatic heterocycles. The Morgan fingerprint density at radius 3 is 2.48 bits per heavy atom. The SMILES string of the molecule is CC(C)C(=O)Nc1ccc(C(=O)C(C)Sc2nncn2-c2cccc(Cl)c2)cc1. The molecule has 8 heteroatoms. The van der Waals surface area contributed by atoms with Crippen LogP contribution in [0.15, 0.2) is 60.0 Å². The van der Waals surface area contributed by atoms with Crippen LogP contribution in [0.1, 0.15) is 31.1 Å². The molecule has 6 nitrogen and oxygen atoms in total. The minimum Gasteiger partial charge on any atom is -0.326 e. The van der Waals surface area contributed by atoms with Crippen LogP contribution in [0.2, 0.25) is 5.02 Å². The molecule has 0 saturated carbocycles. The maximum Gasteiger partial charge on any atom is 0.226 e. The van der Waals surface area contributed by atoms with Gasteiger partial charge in [0.2, 0.25) is 5.91 Å². The molecule has 0 radical (unpaired) electrons. The van der Waals surface area contributed by atoms with Gasteiger partial charge in [-0.05, 0) is 49.4 Å². The van der Waals surface area contributed by atoms with E-state index in [2.05, 4.69) is 15.5 Å². The average molecular weight is 429 g/mol. The van der Waals surface area contributed by atoms with Crippen LogP contribution in [-0.2, 0) is 4.79 Å². The van der Waals surface area contributed by atoms with E-state index in [1.54, 1.807) is 41.2 Å². The molecule has 0 aliphatic carbocycles. The first-order valence-corrected chi connectivity index (χ1v) is 10.4. The molecule has 0 bridgehead atoms. The Balaban J connectivity index is 1.70. The van der Waals surface area contributed by atoms with Gasteiger partial charge in [0.15, 0.2) is 10.9 Å². The second-order valence-corrected chi connectivity index (χ2v) is 8.55. The van der Waals surface area contributed by atoms with Crippen LogP contribution in [0.5, 0.6) is 0 Å². The Labute approximate surface area is 178 Å². The highest BCUT2D eigenvalue weighted by Crippen LogP contribution is 2.27. The number of thioether (sulfide) groups is 1. The summed E-state index contributed by atoms with van der Waals surface area (Å²) in [6, 6.07) is 14.3. The van der Waals surface area contributed by atoms with Gasteiger partial charge in [0, 0.05) is 22.2 Å². The third-order valence-electron chi connectivity index (χ3n) is 4.22. The number of nitrogens with one attached hydrogen (secondary N) is 1. The lowest BCUT2D eigenvalue weighted by Gasteiger charge is -2.12. The zero-order valence-corrected chi connectivity index (χ0v) is 17.9. The molecule has 3 rings (SSSR count). The summed E-state index contributed by atoms with van der Waals surface area (Å²) in [5, 5.41) is 11.8. The monoisotopic (exact) mass is 428 g/mol. The van der Waals surface area contributed by atoms with Crippen molar-refractivity contribution in [3.8, 4) is 5.69 Å². The summed E-state index contributed by atoms with van der Waals surface area (Å²) in [4.78, 5) is 24.6. The van der Waals surface area contributed by atoms with Gasteiger partial charge in [-0.1, -0.05) is 43.3 Å². The summed E-state index contributed by atoms with van der Waals surface area (Å²) in [6.45, 7) is 5.49. The van der Waals surface area contributed by atoms with Crippen molar-refractivity contribution in [1.82, 2.24) is 14.8 Å². The van der Waals surface area contributed by atoms with Crippen LogP contribution in [0.4, 0.5) is 5.69 Å². The van der Waals surface area contributed by atoms with Crippen molar-refractivity contribution in [3.63, 3.8) is 0 Å². The average Bonchev–Trinajstić information content (AvgIpc) is 3.16. The Morgan fingerprint density at radius 1 is 1.10 bits per heavy atom. The van der Waals surface area contributed by atoms with E-state index in [-0.39, 0.29) is 22.9 Å². The van der Waals surface area contributed by atoms with Crippen molar-refractivity contribution < 1.29 is 9.59 Å². The maximum atomic E-state index is 12.8. The molecule has 1 N–H and O–H groups in total. The highest BCUT2D eigenvalue weighted by molar-refractivity contribution is 8.00. The number of benzene rings is 2. The third kappa shape index (κ3) is 5.25. The minimum absolute atomic E-state index is 0.0302. The lowest BCUT2D eigenvalue weighted by molar-refractivity contribution is -0.118. The number of hydrogen-bond donors (Lipinski definition) is 1. The first-order valence-electron chi connectivity index (χ1n) is 9.13. The van der Waals surface area contributed by atoms with Crippen molar-refractivity contribution in [1.29, 1.82) is 0 Å². The Hall–Kier alpha value is -2.64. The van der Waals surface area contributed by atoms with Crippen LogP contribution in [0, 0.1) is 5.92 Å². The van der Waals surface area contributed by atoms with Gasteiger partial charge in [0.25, 0.3) is 0 Å². The fourth-order valence-corrected chi connectivity index (χ4v) is 3.66. The topological polar surface area (TPSA) is 76.9 Å². The van der Waals surface area contributed by atoms with Crippen molar-refractivity contribution in [2.24, 2.45) is 5.92 Å². The number of hydrogen-bond acceptors (Lipinski definition) is 5. The highest BCUT2D eigenvalue weighted by Gasteiger charge is 2.20. The number of ketones is 1. The van der Waals surface area contributed by atoms with Gasteiger partial charge in [-0.2, -0.15) is 0 Å². The second kappa shape index (κ2) is 9.24. The quantitative estimate of drug-likeness (QED) is 0.428. The van der Waals surface area contributed by atoms with Gasteiger partial charge in [0.05, 0.1) is 10.9 Å². The smallest absolute Gasteiger partial charge is 0.226 e. The largest absolute Gasteiger partial charge is 0.326 e. The predicted molar refractivity (Wildman–Crippen MR) is 116 cm³/mol. The zero-order chi connectivity index (χ0) is 21.0. The van der Waals surface area contributed by atoms with Gasteiger partial charge in [0.1, 0.15) is 6.33 Å². The fraction of sp³-hybridized carbons (Fsp3) is 0.238. The number of rotatable bonds is 7. The number of halogens is 1. The molecule has 1 unspecified atom stereocenters. The number of Topliss-reactive ketones (excluding diaryl/α,β-unsaturated/α-hetero) is 1. The van der Waals surface area contributed by atoms with E-state index in [0.29, 0.717) is 21.4 Å². The number of aromatic nitrogens is 3. The third-order valence-corrected chi connectivity index (χ3v) is 5.51. The van der Waals surface area contributed by atoms with Gasteiger partial charge >= 0.3 is 0 Å². The highest BCUT2D eigenvalue weighted by atomic mass is 35.5. The molecule has 29 heavy (non-hydrogen) atoms. The molecule has 0 saturated heterocycles. The van der Waals surface area contributed by atoms with Crippen LogP contribution >= 0.6 is 23.4 Å². The molecule has 1 heterocycles. The Kier molecular flexibility index (Phi) is 6.71. The summed E-state index contributed by atoms with van der Waals surface area (Å²) in [7, 11) is 0. The van der Waals surface area contributed by atoms with E-state index < -0.39 is 0 Å². The summed E-state index contributed by atoms with van der Waals surface area (Å²) < 4.78 is 1.80. The molecule has 150 valence electrons. The summed E-state index contributed by atoms with van der Waals surface area (Å²) in [5.74, 6) is -0.199. The fourth-order valence-electron chi connectivity index (χ4n) is 2.56. The van der Waals surface area contributed by atoms with Crippen LogP contribution < -0.4 is 5.32 Å². The normalized spacial score (nSPS) is 12.0. The molecule has 1 amide bonds.